The molecule has 0 aliphatic rings. The Morgan fingerprint density at radius 3 is 2.62 bits per heavy atom. The van der Waals surface area contributed by atoms with Gasteiger partial charge in [0.25, 0.3) is 0 Å². The molecule has 0 spiro atoms. The maximum absolute atomic E-state index is 4.27. The van der Waals surface area contributed by atoms with Gasteiger partial charge in [-0.1, -0.05) is 12.5 Å². The molecule has 1 N–H and O–H groups in total. The Hall–Kier alpha value is -0.670. The smallest absolute Gasteiger partial charge is 0.0900 e. The van der Waals surface area contributed by atoms with E-state index in [0.29, 0.717) is 0 Å². The van der Waals surface area contributed by atoms with Crippen LogP contribution < -0.4 is 5.32 Å². The van der Waals surface area contributed by atoms with Crippen molar-refractivity contribution in [1.82, 2.24) is 10.3 Å². The number of hydrogen-bond acceptors (Lipinski definition) is 3. The van der Waals surface area contributed by atoms with E-state index in [2.05, 4.69) is 44.1 Å². The minimum atomic E-state index is 0.178. The van der Waals surface area contributed by atoms with Gasteiger partial charge in [0, 0.05) is 23.2 Å². The zero-order valence-corrected chi connectivity index (χ0v) is 11.7. The van der Waals surface area contributed by atoms with E-state index in [1.165, 1.54) is 10.5 Å². The highest BCUT2D eigenvalue weighted by Crippen LogP contribution is 2.16. The standard InChI is InChI=1S/C13H22N2S/c1-6-11(8-15-13(3,4)5)7-12-9-14-10(2)16-12/h7,9,15H,6,8H2,1-5H3. The molecular formula is C13H22N2S. The van der Waals surface area contributed by atoms with E-state index in [4.69, 9.17) is 0 Å². The fourth-order valence-electron chi connectivity index (χ4n) is 1.30. The Labute approximate surface area is 103 Å². The van der Waals surface area contributed by atoms with Gasteiger partial charge in [0.05, 0.1) is 5.01 Å². The van der Waals surface area contributed by atoms with Gasteiger partial charge in [0.1, 0.15) is 0 Å². The van der Waals surface area contributed by atoms with Gasteiger partial charge >= 0.3 is 0 Å². The molecule has 1 aromatic heterocycles. The van der Waals surface area contributed by atoms with Crippen molar-refractivity contribution in [3.05, 3.63) is 21.7 Å². The van der Waals surface area contributed by atoms with E-state index < -0.39 is 0 Å². The lowest BCUT2D eigenvalue weighted by Crippen LogP contribution is -2.36. The summed E-state index contributed by atoms with van der Waals surface area (Å²) in [6, 6.07) is 0. The number of nitrogens with zero attached hydrogens (tertiary/aromatic N) is 1. The molecule has 0 aliphatic carbocycles. The second-order valence-corrected chi connectivity index (χ2v) is 6.31. The van der Waals surface area contributed by atoms with Gasteiger partial charge in [-0.05, 0) is 40.2 Å². The SMILES string of the molecule is CCC(=Cc1cnc(C)s1)CNC(C)(C)C. The van der Waals surface area contributed by atoms with Crippen molar-refractivity contribution in [2.45, 2.75) is 46.6 Å². The van der Waals surface area contributed by atoms with E-state index in [1.54, 1.807) is 11.3 Å². The highest BCUT2D eigenvalue weighted by Gasteiger charge is 2.08. The maximum atomic E-state index is 4.27. The first kappa shape index (κ1) is 13.4. The Morgan fingerprint density at radius 1 is 1.50 bits per heavy atom. The molecule has 0 saturated heterocycles. The summed E-state index contributed by atoms with van der Waals surface area (Å²) >= 11 is 1.75. The first-order valence-electron chi connectivity index (χ1n) is 5.77. The molecule has 0 unspecified atom stereocenters. The summed E-state index contributed by atoms with van der Waals surface area (Å²) in [5.41, 5.74) is 1.61. The van der Waals surface area contributed by atoms with Crippen molar-refractivity contribution in [3.8, 4) is 0 Å². The number of hydrogen-bond donors (Lipinski definition) is 1. The minimum absolute atomic E-state index is 0.178. The van der Waals surface area contributed by atoms with E-state index in [-0.39, 0.29) is 5.54 Å². The molecule has 0 bridgehead atoms. The predicted molar refractivity (Wildman–Crippen MR) is 72.9 cm³/mol. The van der Waals surface area contributed by atoms with Crippen molar-refractivity contribution < 1.29 is 0 Å². The van der Waals surface area contributed by atoms with E-state index in [9.17, 15) is 0 Å². The van der Waals surface area contributed by atoms with Crippen LogP contribution in [0.5, 0.6) is 0 Å². The first-order chi connectivity index (χ1) is 7.40. The lowest BCUT2D eigenvalue weighted by atomic mass is 10.1. The molecule has 0 radical (unpaired) electrons. The van der Waals surface area contributed by atoms with E-state index >= 15 is 0 Å². The molecule has 0 fully saturated rings. The van der Waals surface area contributed by atoms with Gasteiger partial charge in [-0.2, -0.15) is 0 Å². The normalized spacial score (nSPS) is 13.2. The second kappa shape index (κ2) is 5.60. The van der Waals surface area contributed by atoms with Crippen LogP contribution in [0, 0.1) is 6.92 Å². The number of nitrogens with one attached hydrogen (secondary N) is 1. The molecule has 0 aromatic carbocycles. The monoisotopic (exact) mass is 238 g/mol. The van der Waals surface area contributed by atoms with Crippen LogP contribution in [-0.4, -0.2) is 17.1 Å². The summed E-state index contributed by atoms with van der Waals surface area (Å²) in [7, 11) is 0. The van der Waals surface area contributed by atoms with Gasteiger partial charge < -0.3 is 5.32 Å². The number of thiazole rings is 1. The lowest BCUT2D eigenvalue weighted by molar-refractivity contribution is 0.443. The number of aromatic nitrogens is 1. The summed E-state index contributed by atoms with van der Waals surface area (Å²) in [5.74, 6) is 0. The second-order valence-electron chi connectivity index (χ2n) is 5.04. The third-order valence-corrected chi connectivity index (χ3v) is 3.15. The predicted octanol–water partition coefficient (Wildman–Crippen LogP) is 3.63. The fourth-order valence-corrected chi connectivity index (χ4v) is 2.08. The number of rotatable bonds is 4. The zero-order valence-electron chi connectivity index (χ0n) is 10.9. The van der Waals surface area contributed by atoms with Crippen LogP contribution in [0.4, 0.5) is 0 Å². The largest absolute Gasteiger partial charge is 0.308 e. The Morgan fingerprint density at radius 2 is 2.19 bits per heavy atom. The van der Waals surface area contributed by atoms with Crippen LogP contribution >= 0.6 is 11.3 Å². The third kappa shape index (κ3) is 4.90. The molecule has 2 nitrogen and oxygen atoms in total. The van der Waals surface area contributed by atoms with Crippen molar-refractivity contribution in [2.24, 2.45) is 0 Å². The quantitative estimate of drug-likeness (QED) is 0.866. The van der Waals surface area contributed by atoms with Crippen LogP contribution in [0.2, 0.25) is 0 Å². The Bertz CT molecular complexity index is 358. The lowest BCUT2D eigenvalue weighted by Gasteiger charge is -2.21. The van der Waals surface area contributed by atoms with Gasteiger partial charge in [-0.3, -0.25) is 0 Å². The zero-order chi connectivity index (χ0) is 12.2. The topological polar surface area (TPSA) is 24.9 Å². The maximum Gasteiger partial charge on any atom is 0.0900 e. The van der Waals surface area contributed by atoms with Crippen molar-refractivity contribution in [1.29, 1.82) is 0 Å². The van der Waals surface area contributed by atoms with Crippen molar-refractivity contribution in [2.75, 3.05) is 6.54 Å². The Balaban J connectivity index is 2.64. The molecule has 90 valence electrons. The Kier molecular flexibility index (Phi) is 4.69. The van der Waals surface area contributed by atoms with Crippen LogP contribution in [0.3, 0.4) is 0 Å². The minimum Gasteiger partial charge on any atom is -0.308 e. The average Bonchev–Trinajstić information content (AvgIpc) is 2.57. The van der Waals surface area contributed by atoms with Crippen LogP contribution in [0.25, 0.3) is 6.08 Å². The molecule has 0 aliphatic heterocycles. The van der Waals surface area contributed by atoms with Crippen molar-refractivity contribution >= 4 is 17.4 Å². The summed E-state index contributed by atoms with van der Waals surface area (Å²) in [6.45, 7) is 11.8. The first-order valence-corrected chi connectivity index (χ1v) is 6.59. The van der Waals surface area contributed by atoms with Crippen LogP contribution in [-0.2, 0) is 0 Å². The molecular weight excluding hydrogens is 216 g/mol. The molecule has 1 rings (SSSR count). The fraction of sp³-hybridized carbons (Fsp3) is 0.615. The molecule has 1 aromatic rings. The average molecular weight is 238 g/mol. The van der Waals surface area contributed by atoms with E-state index in [0.717, 1.165) is 18.0 Å². The van der Waals surface area contributed by atoms with Crippen molar-refractivity contribution in [3.63, 3.8) is 0 Å². The molecule has 16 heavy (non-hydrogen) atoms. The van der Waals surface area contributed by atoms with Gasteiger partial charge in [-0.15, -0.1) is 11.3 Å². The summed E-state index contributed by atoms with van der Waals surface area (Å²) < 4.78 is 0. The molecule has 0 saturated carbocycles. The molecule has 3 heteroatoms. The summed E-state index contributed by atoms with van der Waals surface area (Å²) in [5, 5.41) is 4.65. The molecule has 0 atom stereocenters. The summed E-state index contributed by atoms with van der Waals surface area (Å²) in [6.07, 6.45) is 5.29. The highest BCUT2D eigenvalue weighted by molar-refractivity contribution is 7.12. The van der Waals surface area contributed by atoms with Gasteiger partial charge in [0.2, 0.25) is 0 Å². The highest BCUT2D eigenvalue weighted by atomic mass is 32.1. The molecule has 1 heterocycles. The third-order valence-electron chi connectivity index (χ3n) is 2.29. The molecule has 0 amide bonds. The van der Waals surface area contributed by atoms with Crippen LogP contribution in [0.15, 0.2) is 11.8 Å². The van der Waals surface area contributed by atoms with Gasteiger partial charge in [0.15, 0.2) is 0 Å². The van der Waals surface area contributed by atoms with Gasteiger partial charge in [-0.25, -0.2) is 4.98 Å². The van der Waals surface area contributed by atoms with E-state index in [1.807, 2.05) is 13.1 Å². The van der Waals surface area contributed by atoms with Crippen LogP contribution in [0.1, 0.15) is 44.0 Å². The number of aryl methyl sites for hydroxylation is 1. The summed E-state index contributed by atoms with van der Waals surface area (Å²) in [4.78, 5) is 5.52.